The summed E-state index contributed by atoms with van der Waals surface area (Å²) in [6.07, 6.45) is 2.77. The monoisotopic (exact) mass is 296 g/mol. The van der Waals surface area contributed by atoms with E-state index in [0.29, 0.717) is 12.8 Å². The number of rotatable bonds is 3. The maximum absolute atomic E-state index is 11.8. The van der Waals surface area contributed by atoms with E-state index in [-0.39, 0.29) is 5.97 Å². The molecule has 114 valence electrons. The molecule has 0 saturated carbocycles. The summed E-state index contributed by atoms with van der Waals surface area (Å²) in [5.41, 5.74) is 2.58. The number of nitrogens with zero attached hydrogens (tertiary/aromatic N) is 1. The quantitative estimate of drug-likeness (QED) is 0.743. The zero-order valence-corrected chi connectivity index (χ0v) is 13.1. The molecule has 0 radical (unpaired) electrons. The molecule has 3 rings (SSSR count). The average Bonchev–Trinajstić information content (AvgIpc) is 2.81. The van der Waals surface area contributed by atoms with Crippen LogP contribution in [0.5, 0.6) is 0 Å². The molecular weight excluding hydrogens is 276 g/mol. The van der Waals surface area contributed by atoms with Crippen LogP contribution < -0.4 is 0 Å². The predicted octanol–water partition coefficient (Wildman–Crippen LogP) is 3.99. The van der Waals surface area contributed by atoms with Gasteiger partial charge in [0, 0.05) is 28.4 Å². The molecule has 0 bridgehead atoms. The molecule has 0 fully saturated rings. The minimum Gasteiger partial charge on any atom is -0.460 e. The Morgan fingerprint density at radius 2 is 1.95 bits per heavy atom. The summed E-state index contributed by atoms with van der Waals surface area (Å²) in [6.45, 7) is 5.63. The van der Waals surface area contributed by atoms with Crippen LogP contribution in [-0.4, -0.2) is 21.5 Å². The molecule has 2 aromatic heterocycles. The van der Waals surface area contributed by atoms with Gasteiger partial charge in [0.25, 0.3) is 0 Å². The summed E-state index contributed by atoms with van der Waals surface area (Å²) in [6, 6.07) is 10.2. The lowest BCUT2D eigenvalue weighted by Crippen LogP contribution is -2.24. The van der Waals surface area contributed by atoms with Crippen LogP contribution in [0, 0.1) is 0 Å². The molecule has 4 heteroatoms. The molecule has 0 amide bonds. The topological polar surface area (TPSA) is 55.0 Å². The summed E-state index contributed by atoms with van der Waals surface area (Å²) in [5, 5.41) is 2.32. The highest BCUT2D eigenvalue weighted by Gasteiger charge is 2.16. The molecule has 1 aromatic carbocycles. The lowest BCUT2D eigenvalue weighted by molar-refractivity contribution is -0.154. The third-order valence-corrected chi connectivity index (χ3v) is 3.45. The number of hydrogen-bond acceptors (Lipinski definition) is 3. The molecule has 0 atom stereocenters. The van der Waals surface area contributed by atoms with E-state index in [1.54, 1.807) is 0 Å². The van der Waals surface area contributed by atoms with Crippen molar-refractivity contribution < 1.29 is 9.53 Å². The van der Waals surface area contributed by atoms with Gasteiger partial charge in [0.1, 0.15) is 5.60 Å². The number of fused-ring (bicyclic) bond motifs is 3. The van der Waals surface area contributed by atoms with E-state index in [1.807, 2.05) is 39.1 Å². The Morgan fingerprint density at radius 1 is 1.18 bits per heavy atom. The highest BCUT2D eigenvalue weighted by molar-refractivity contribution is 6.06. The van der Waals surface area contributed by atoms with Gasteiger partial charge in [-0.25, -0.2) is 0 Å². The maximum Gasteiger partial charge on any atom is 0.306 e. The fourth-order valence-electron chi connectivity index (χ4n) is 2.55. The highest BCUT2D eigenvalue weighted by Crippen LogP contribution is 2.25. The number of pyridine rings is 1. The van der Waals surface area contributed by atoms with Gasteiger partial charge in [-0.05, 0) is 32.9 Å². The van der Waals surface area contributed by atoms with E-state index in [2.05, 4.69) is 28.2 Å². The third kappa shape index (κ3) is 3.11. The minimum atomic E-state index is -0.439. The molecule has 22 heavy (non-hydrogen) atoms. The minimum absolute atomic E-state index is 0.187. The standard InChI is InChI=1S/C18H20N2O2/c1-18(2,3)22-17(21)9-8-12-10-14-13-6-4-5-7-15(13)20-16(14)11-19-12/h4-7,10-11,20H,8-9H2,1-3H3. The summed E-state index contributed by atoms with van der Waals surface area (Å²) < 4.78 is 5.33. The van der Waals surface area contributed by atoms with Crippen molar-refractivity contribution in [1.29, 1.82) is 0 Å². The Bertz CT molecular complexity index is 828. The third-order valence-electron chi connectivity index (χ3n) is 3.45. The number of hydrogen-bond donors (Lipinski definition) is 1. The Balaban J connectivity index is 1.80. The van der Waals surface area contributed by atoms with E-state index in [1.165, 1.54) is 5.39 Å². The van der Waals surface area contributed by atoms with Crippen LogP contribution in [0.1, 0.15) is 32.9 Å². The van der Waals surface area contributed by atoms with Gasteiger partial charge in [0.15, 0.2) is 0 Å². The van der Waals surface area contributed by atoms with Crippen LogP contribution in [0.2, 0.25) is 0 Å². The molecule has 1 N–H and O–H groups in total. The van der Waals surface area contributed by atoms with E-state index in [9.17, 15) is 4.79 Å². The number of benzene rings is 1. The smallest absolute Gasteiger partial charge is 0.306 e. The Hall–Kier alpha value is -2.36. The van der Waals surface area contributed by atoms with Crippen molar-refractivity contribution in [1.82, 2.24) is 9.97 Å². The Morgan fingerprint density at radius 3 is 2.73 bits per heavy atom. The fraction of sp³-hybridized carbons (Fsp3) is 0.333. The first kappa shape index (κ1) is 14.6. The number of aromatic nitrogens is 2. The second-order valence-electron chi connectivity index (χ2n) is 6.48. The number of carbonyl (C=O) groups is 1. The average molecular weight is 296 g/mol. The van der Waals surface area contributed by atoms with Crippen molar-refractivity contribution in [2.45, 2.75) is 39.2 Å². The fourth-order valence-corrected chi connectivity index (χ4v) is 2.55. The number of aromatic amines is 1. The molecule has 0 unspecified atom stereocenters. The van der Waals surface area contributed by atoms with E-state index >= 15 is 0 Å². The molecule has 4 nitrogen and oxygen atoms in total. The number of esters is 1. The number of para-hydroxylation sites is 1. The van der Waals surface area contributed by atoms with Crippen LogP contribution in [0.25, 0.3) is 21.8 Å². The van der Waals surface area contributed by atoms with E-state index in [4.69, 9.17) is 4.74 Å². The van der Waals surface area contributed by atoms with Crippen molar-refractivity contribution in [2.24, 2.45) is 0 Å². The van der Waals surface area contributed by atoms with Gasteiger partial charge >= 0.3 is 5.97 Å². The number of carbonyl (C=O) groups excluding carboxylic acids is 1. The van der Waals surface area contributed by atoms with Gasteiger partial charge in [-0.2, -0.15) is 0 Å². The predicted molar refractivity (Wildman–Crippen MR) is 87.8 cm³/mol. The van der Waals surface area contributed by atoms with Crippen molar-refractivity contribution >= 4 is 27.8 Å². The molecule has 0 saturated heterocycles. The lowest BCUT2D eigenvalue weighted by Gasteiger charge is -2.19. The van der Waals surface area contributed by atoms with Gasteiger partial charge in [0.05, 0.1) is 18.1 Å². The lowest BCUT2D eigenvalue weighted by atomic mass is 10.1. The first-order chi connectivity index (χ1) is 10.4. The zero-order valence-electron chi connectivity index (χ0n) is 13.1. The van der Waals surface area contributed by atoms with Gasteiger partial charge in [-0.15, -0.1) is 0 Å². The largest absolute Gasteiger partial charge is 0.460 e. The second kappa shape index (κ2) is 5.44. The number of H-pyrrole nitrogens is 1. The van der Waals surface area contributed by atoms with Crippen LogP contribution in [-0.2, 0) is 16.0 Å². The molecule has 2 heterocycles. The van der Waals surface area contributed by atoms with E-state index in [0.717, 1.165) is 22.1 Å². The van der Waals surface area contributed by atoms with Gasteiger partial charge < -0.3 is 9.72 Å². The second-order valence-corrected chi connectivity index (χ2v) is 6.48. The first-order valence-corrected chi connectivity index (χ1v) is 7.49. The van der Waals surface area contributed by atoms with E-state index < -0.39 is 5.60 Å². The Kier molecular flexibility index (Phi) is 3.61. The summed E-state index contributed by atoms with van der Waals surface area (Å²) >= 11 is 0. The molecular formula is C18H20N2O2. The number of ether oxygens (including phenoxy) is 1. The van der Waals surface area contributed by atoms with Crippen LogP contribution in [0.4, 0.5) is 0 Å². The summed E-state index contributed by atoms with van der Waals surface area (Å²) in [5.74, 6) is -0.187. The molecule has 0 aliphatic heterocycles. The van der Waals surface area contributed by atoms with Crippen molar-refractivity contribution in [3.8, 4) is 0 Å². The molecule has 3 aromatic rings. The van der Waals surface area contributed by atoms with Crippen LogP contribution in [0.3, 0.4) is 0 Å². The van der Waals surface area contributed by atoms with Gasteiger partial charge in [-0.3, -0.25) is 9.78 Å². The first-order valence-electron chi connectivity index (χ1n) is 7.49. The van der Waals surface area contributed by atoms with Crippen molar-refractivity contribution in [2.75, 3.05) is 0 Å². The van der Waals surface area contributed by atoms with Gasteiger partial charge in [-0.1, -0.05) is 18.2 Å². The Labute approximate surface area is 129 Å². The SMILES string of the molecule is CC(C)(C)OC(=O)CCc1cc2c(cn1)[nH]c1ccccc12. The summed E-state index contributed by atoms with van der Waals surface area (Å²) in [7, 11) is 0. The highest BCUT2D eigenvalue weighted by atomic mass is 16.6. The normalized spacial score (nSPS) is 12.0. The van der Waals surface area contributed by atoms with Crippen molar-refractivity contribution in [3.05, 3.63) is 42.2 Å². The molecule has 0 aliphatic carbocycles. The number of nitrogens with one attached hydrogen (secondary N) is 1. The molecule has 0 spiro atoms. The van der Waals surface area contributed by atoms with Crippen LogP contribution in [0.15, 0.2) is 36.5 Å². The van der Waals surface area contributed by atoms with Crippen molar-refractivity contribution in [3.63, 3.8) is 0 Å². The van der Waals surface area contributed by atoms with Gasteiger partial charge in [0.2, 0.25) is 0 Å². The molecule has 0 aliphatic rings. The van der Waals surface area contributed by atoms with Crippen LogP contribution >= 0.6 is 0 Å². The number of aryl methyl sites for hydroxylation is 1. The zero-order chi connectivity index (χ0) is 15.7. The maximum atomic E-state index is 11.8. The summed E-state index contributed by atoms with van der Waals surface area (Å²) in [4.78, 5) is 19.6.